The Balaban J connectivity index is 2.08. The van der Waals surface area contributed by atoms with Gasteiger partial charge in [0.1, 0.15) is 0 Å². The number of hydrogen-bond donors (Lipinski definition) is 1. The first kappa shape index (κ1) is 16.0. The molecule has 1 atom stereocenters. The summed E-state index contributed by atoms with van der Waals surface area (Å²) in [6.07, 6.45) is 0. The smallest absolute Gasteiger partial charge is 0.322 e. The van der Waals surface area contributed by atoms with Gasteiger partial charge in [0.2, 0.25) is 0 Å². The van der Waals surface area contributed by atoms with Crippen molar-refractivity contribution in [3.8, 4) is 0 Å². The molecule has 0 unspecified atom stereocenters. The molecule has 0 aromatic heterocycles. The average molecular weight is 330 g/mol. The average Bonchev–Trinajstić information content (AvgIpc) is 2.89. The number of nitro benzene ring substituents is 1. The third kappa shape index (κ3) is 2.40. The summed E-state index contributed by atoms with van der Waals surface area (Å²) < 4.78 is 0. The second-order valence-corrected chi connectivity index (χ2v) is 6.18. The highest BCUT2D eigenvalue weighted by atomic mass is 16.6. The van der Waals surface area contributed by atoms with Crippen molar-refractivity contribution in [2.75, 3.05) is 13.6 Å². The molecule has 0 bridgehead atoms. The van der Waals surface area contributed by atoms with E-state index in [1.165, 1.54) is 17.0 Å². The molecule has 0 saturated carbocycles. The molecule has 3 rings (SSSR count). The fourth-order valence-corrected chi connectivity index (χ4v) is 3.07. The van der Waals surface area contributed by atoms with Crippen LogP contribution in [0.15, 0.2) is 35.5 Å². The van der Waals surface area contributed by atoms with Gasteiger partial charge in [-0.15, -0.1) is 0 Å². The molecule has 126 valence electrons. The molecule has 24 heavy (non-hydrogen) atoms. The normalized spacial score (nSPS) is 20.6. The van der Waals surface area contributed by atoms with Crippen LogP contribution in [-0.2, 0) is 4.79 Å². The molecule has 2 aliphatic heterocycles. The summed E-state index contributed by atoms with van der Waals surface area (Å²) >= 11 is 0. The Kier molecular flexibility index (Phi) is 3.75. The molecule has 0 aliphatic carbocycles. The third-order valence-electron chi connectivity index (χ3n) is 4.43. The standard InChI is InChI=1S/C16H18N4O4/c1-9(2)19-8-12-13(15(19)21)14(17-16(22)18(12)3)10-5-4-6-11(7-10)20(23)24/h4-7,9,14H,8H2,1-3H3,(H,17,22)/t14-/m0/s1. The van der Waals surface area contributed by atoms with Gasteiger partial charge < -0.3 is 10.2 Å². The number of nitro groups is 1. The molecule has 8 heteroatoms. The van der Waals surface area contributed by atoms with Gasteiger partial charge in [0.15, 0.2) is 0 Å². The number of amides is 3. The number of rotatable bonds is 3. The van der Waals surface area contributed by atoms with Crippen molar-refractivity contribution < 1.29 is 14.5 Å². The molecule has 1 aromatic rings. The Bertz CT molecular complexity index is 771. The van der Waals surface area contributed by atoms with Gasteiger partial charge in [-0.2, -0.15) is 0 Å². The molecule has 2 heterocycles. The maximum atomic E-state index is 12.8. The minimum atomic E-state index is -0.681. The van der Waals surface area contributed by atoms with Gasteiger partial charge in [0.05, 0.1) is 28.8 Å². The van der Waals surface area contributed by atoms with Crippen molar-refractivity contribution in [1.82, 2.24) is 15.1 Å². The third-order valence-corrected chi connectivity index (χ3v) is 4.43. The Morgan fingerprint density at radius 3 is 2.67 bits per heavy atom. The topological polar surface area (TPSA) is 95.8 Å². The molecule has 0 saturated heterocycles. The molecular weight excluding hydrogens is 312 g/mol. The Morgan fingerprint density at radius 2 is 2.04 bits per heavy atom. The van der Waals surface area contributed by atoms with Crippen molar-refractivity contribution in [3.63, 3.8) is 0 Å². The number of urea groups is 1. The summed E-state index contributed by atoms with van der Waals surface area (Å²) in [5.74, 6) is -0.150. The van der Waals surface area contributed by atoms with Crippen LogP contribution < -0.4 is 5.32 Å². The second kappa shape index (κ2) is 5.63. The molecule has 1 aromatic carbocycles. The summed E-state index contributed by atoms with van der Waals surface area (Å²) in [7, 11) is 1.62. The van der Waals surface area contributed by atoms with Gasteiger partial charge in [0, 0.05) is 25.2 Å². The van der Waals surface area contributed by atoms with E-state index in [2.05, 4.69) is 5.32 Å². The number of hydrogen-bond acceptors (Lipinski definition) is 4. The lowest BCUT2D eigenvalue weighted by Crippen LogP contribution is -2.45. The van der Waals surface area contributed by atoms with E-state index in [4.69, 9.17) is 0 Å². The zero-order valence-electron chi connectivity index (χ0n) is 13.6. The van der Waals surface area contributed by atoms with E-state index < -0.39 is 11.0 Å². The molecule has 2 aliphatic rings. The van der Waals surface area contributed by atoms with Crippen LogP contribution in [0.25, 0.3) is 0 Å². The van der Waals surface area contributed by atoms with Crippen LogP contribution in [0.5, 0.6) is 0 Å². The van der Waals surface area contributed by atoms with E-state index in [9.17, 15) is 19.7 Å². The highest BCUT2D eigenvalue weighted by molar-refractivity contribution is 6.01. The number of non-ortho nitro benzene ring substituents is 1. The lowest BCUT2D eigenvalue weighted by atomic mass is 9.95. The van der Waals surface area contributed by atoms with E-state index in [1.807, 2.05) is 13.8 Å². The van der Waals surface area contributed by atoms with E-state index >= 15 is 0 Å². The number of likely N-dealkylation sites (N-methyl/N-ethyl adjacent to an activating group) is 1. The van der Waals surface area contributed by atoms with E-state index in [-0.39, 0.29) is 23.7 Å². The molecule has 1 N–H and O–H groups in total. The van der Waals surface area contributed by atoms with Crippen LogP contribution in [0.4, 0.5) is 10.5 Å². The van der Waals surface area contributed by atoms with Crippen LogP contribution in [-0.4, -0.2) is 46.3 Å². The van der Waals surface area contributed by atoms with Crippen LogP contribution in [0.3, 0.4) is 0 Å². The number of carbonyl (C=O) groups is 2. The van der Waals surface area contributed by atoms with Gasteiger partial charge in [-0.05, 0) is 19.4 Å². The molecule has 3 amide bonds. The van der Waals surface area contributed by atoms with Crippen molar-refractivity contribution in [2.45, 2.75) is 25.9 Å². The van der Waals surface area contributed by atoms with E-state index in [0.717, 1.165) is 0 Å². The van der Waals surface area contributed by atoms with Crippen molar-refractivity contribution in [1.29, 1.82) is 0 Å². The highest BCUT2D eigenvalue weighted by Gasteiger charge is 2.43. The summed E-state index contributed by atoms with van der Waals surface area (Å²) in [6.45, 7) is 4.18. The largest absolute Gasteiger partial charge is 0.331 e. The maximum Gasteiger partial charge on any atom is 0.322 e. The molecule has 0 radical (unpaired) electrons. The molecule has 0 fully saturated rings. The fourth-order valence-electron chi connectivity index (χ4n) is 3.07. The zero-order chi connectivity index (χ0) is 17.6. The summed E-state index contributed by atoms with van der Waals surface area (Å²) in [5.41, 5.74) is 1.58. The van der Waals surface area contributed by atoms with Crippen molar-refractivity contribution >= 4 is 17.6 Å². The monoisotopic (exact) mass is 330 g/mol. The van der Waals surface area contributed by atoms with E-state index in [0.29, 0.717) is 23.4 Å². The Labute approximate surface area is 138 Å². The van der Waals surface area contributed by atoms with Gasteiger partial charge in [-0.1, -0.05) is 12.1 Å². The summed E-state index contributed by atoms with van der Waals surface area (Å²) in [6, 6.07) is 5.00. The summed E-state index contributed by atoms with van der Waals surface area (Å²) in [5, 5.41) is 13.8. The molecular formula is C16H18N4O4. The van der Waals surface area contributed by atoms with Crippen molar-refractivity contribution in [2.24, 2.45) is 0 Å². The second-order valence-electron chi connectivity index (χ2n) is 6.18. The maximum absolute atomic E-state index is 12.8. The van der Waals surface area contributed by atoms with Crippen LogP contribution in [0, 0.1) is 10.1 Å². The van der Waals surface area contributed by atoms with Crippen molar-refractivity contribution in [3.05, 3.63) is 51.2 Å². The van der Waals surface area contributed by atoms with Gasteiger partial charge in [-0.3, -0.25) is 19.8 Å². The lowest BCUT2D eigenvalue weighted by molar-refractivity contribution is -0.384. The fraction of sp³-hybridized carbons (Fsp3) is 0.375. The first-order valence-corrected chi connectivity index (χ1v) is 7.64. The zero-order valence-corrected chi connectivity index (χ0v) is 13.6. The first-order chi connectivity index (χ1) is 11.3. The highest BCUT2D eigenvalue weighted by Crippen LogP contribution is 2.37. The van der Waals surface area contributed by atoms with Crippen LogP contribution >= 0.6 is 0 Å². The first-order valence-electron chi connectivity index (χ1n) is 7.64. The number of benzene rings is 1. The number of nitrogens with zero attached hydrogens (tertiary/aromatic N) is 3. The predicted molar refractivity (Wildman–Crippen MR) is 86.0 cm³/mol. The van der Waals surface area contributed by atoms with Gasteiger partial charge in [0.25, 0.3) is 11.6 Å². The lowest BCUT2D eigenvalue weighted by Gasteiger charge is -2.31. The van der Waals surface area contributed by atoms with E-state index in [1.54, 1.807) is 24.1 Å². The van der Waals surface area contributed by atoms with Gasteiger partial charge >= 0.3 is 6.03 Å². The number of carbonyl (C=O) groups excluding carboxylic acids is 2. The quantitative estimate of drug-likeness (QED) is 0.675. The molecule has 8 nitrogen and oxygen atoms in total. The SMILES string of the molecule is CC(C)N1CC2=C(C1=O)[C@H](c1cccc([N+](=O)[O-])c1)NC(=O)N2C. The minimum Gasteiger partial charge on any atom is -0.331 e. The minimum absolute atomic E-state index is 0.00244. The van der Waals surface area contributed by atoms with Crippen LogP contribution in [0.2, 0.25) is 0 Å². The number of nitrogens with one attached hydrogen (secondary N) is 1. The Hall–Kier alpha value is -2.90. The molecule has 0 spiro atoms. The predicted octanol–water partition coefficient (Wildman–Crippen LogP) is 1.80. The van der Waals surface area contributed by atoms with Crippen LogP contribution in [0.1, 0.15) is 25.5 Å². The Morgan fingerprint density at radius 1 is 1.33 bits per heavy atom. The van der Waals surface area contributed by atoms with Gasteiger partial charge in [-0.25, -0.2) is 4.79 Å². The summed E-state index contributed by atoms with van der Waals surface area (Å²) in [4.78, 5) is 38.7.